The fourth-order valence-electron chi connectivity index (χ4n) is 2.48. The van der Waals surface area contributed by atoms with Crippen LogP contribution in [0.5, 0.6) is 0 Å². The van der Waals surface area contributed by atoms with Crippen molar-refractivity contribution in [2.45, 2.75) is 25.9 Å². The number of benzene rings is 1. The van der Waals surface area contributed by atoms with Crippen molar-refractivity contribution >= 4 is 26.8 Å². The van der Waals surface area contributed by atoms with Crippen LogP contribution < -0.4 is 5.73 Å². The summed E-state index contributed by atoms with van der Waals surface area (Å²) in [4.78, 5) is 0. The molecule has 2 heterocycles. The zero-order valence-corrected chi connectivity index (χ0v) is 12.8. The number of rotatable bonds is 4. The summed E-state index contributed by atoms with van der Waals surface area (Å²) in [5, 5.41) is 5.85. The quantitative estimate of drug-likeness (QED) is 0.792. The summed E-state index contributed by atoms with van der Waals surface area (Å²) in [5.74, 6) is 0. The second-order valence-corrected chi connectivity index (χ2v) is 5.46. The second kappa shape index (κ2) is 5.42. The fourth-order valence-corrected chi connectivity index (χ4v) is 3.01. The SMILES string of the molecule is CCn1nc(CC(N)c2ccoc2Br)c2ccccc21. The van der Waals surface area contributed by atoms with Gasteiger partial charge in [0.05, 0.1) is 17.5 Å². The van der Waals surface area contributed by atoms with E-state index in [1.54, 1.807) is 6.26 Å². The van der Waals surface area contributed by atoms with Gasteiger partial charge < -0.3 is 10.2 Å². The van der Waals surface area contributed by atoms with Crippen LogP contribution in [-0.2, 0) is 13.0 Å². The van der Waals surface area contributed by atoms with E-state index in [1.807, 2.05) is 22.9 Å². The van der Waals surface area contributed by atoms with E-state index in [2.05, 4.69) is 40.1 Å². The Kier molecular flexibility index (Phi) is 3.63. The topological polar surface area (TPSA) is 57.0 Å². The minimum atomic E-state index is -0.133. The maximum atomic E-state index is 6.27. The average molecular weight is 334 g/mol. The highest BCUT2D eigenvalue weighted by Crippen LogP contribution is 2.27. The Hall–Kier alpha value is -1.59. The Labute approximate surface area is 125 Å². The van der Waals surface area contributed by atoms with E-state index in [9.17, 15) is 0 Å². The molecule has 3 rings (SSSR count). The van der Waals surface area contributed by atoms with Crippen LogP contribution in [0.2, 0.25) is 0 Å². The molecule has 0 radical (unpaired) electrons. The molecule has 0 saturated carbocycles. The largest absolute Gasteiger partial charge is 0.457 e. The van der Waals surface area contributed by atoms with E-state index < -0.39 is 0 Å². The predicted molar refractivity (Wildman–Crippen MR) is 82.4 cm³/mol. The van der Waals surface area contributed by atoms with Crippen molar-refractivity contribution in [2.24, 2.45) is 5.73 Å². The average Bonchev–Trinajstić information content (AvgIpc) is 3.03. The van der Waals surface area contributed by atoms with Crippen molar-refractivity contribution in [3.05, 3.63) is 52.5 Å². The van der Waals surface area contributed by atoms with Crippen LogP contribution in [0.15, 0.2) is 45.7 Å². The summed E-state index contributed by atoms with van der Waals surface area (Å²) in [7, 11) is 0. The molecule has 3 aromatic rings. The molecule has 5 heteroatoms. The van der Waals surface area contributed by atoms with E-state index in [0.29, 0.717) is 11.1 Å². The van der Waals surface area contributed by atoms with Crippen LogP contribution in [-0.4, -0.2) is 9.78 Å². The van der Waals surface area contributed by atoms with Gasteiger partial charge in [-0.1, -0.05) is 18.2 Å². The molecule has 0 aliphatic carbocycles. The van der Waals surface area contributed by atoms with Gasteiger partial charge in [-0.3, -0.25) is 4.68 Å². The molecule has 0 fully saturated rings. The third kappa shape index (κ3) is 2.27. The molecule has 1 unspecified atom stereocenters. The van der Waals surface area contributed by atoms with Gasteiger partial charge in [-0.15, -0.1) is 0 Å². The van der Waals surface area contributed by atoms with Crippen molar-refractivity contribution in [1.82, 2.24) is 9.78 Å². The third-order valence-corrected chi connectivity index (χ3v) is 4.14. The van der Waals surface area contributed by atoms with Gasteiger partial charge in [0, 0.05) is 30.0 Å². The number of furan rings is 1. The van der Waals surface area contributed by atoms with Crippen LogP contribution in [0.3, 0.4) is 0 Å². The number of para-hydroxylation sites is 1. The summed E-state index contributed by atoms with van der Waals surface area (Å²) in [5.41, 5.74) is 9.43. The fraction of sp³-hybridized carbons (Fsp3) is 0.267. The Morgan fingerprint density at radius 3 is 2.85 bits per heavy atom. The molecule has 104 valence electrons. The maximum absolute atomic E-state index is 6.27. The number of nitrogens with zero attached hydrogens (tertiary/aromatic N) is 2. The van der Waals surface area contributed by atoms with Crippen molar-refractivity contribution in [3.8, 4) is 0 Å². The lowest BCUT2D eigenvalue weighted by atomic mass is 10.0. The normalized spacial score (nSPS) is 12.9. The van der Waals surface area contributed by atoms with Gasteiger partial charge in [0.25, 0.3) is 0 Å². The van der Waals surface area contributed by atoms with E-state index in [-0.39, 0.29) is 6.04 Å². The minimum Gasteiger partial charge on any atom is -0.457 e. The molecule has 0 bridgehead atoms. The number of fused-ring (bicyclic) bond motifs is 1. The van der Waals surface area contributed by atoms with Gasteiger partial charge in [-0.25, -0.2) is 0 Å². The van der Waals surface area contributed by atoms with Crippen LogP contribution in [0, 0.1) is 0 Å². The second-order valence-electron chi connectivity index (χ2n) is 4.74. The van der Waals surface area contributed by atoms with E-state index >= 15 is 0 Å². The first kappa shape index (κ1) is 13.4. The van der Waals surface area contributed by atoms with Crippen molar-refractivity contribution in [3.63, 3.8) is 0 Å². The molecule has 0 spiro atoms. The Bertz CT molecular complexity index is 732. The zero-order valence-electron chi connectivity index (χ0n) is 11.2. The number of aromatic nitrogens is 2. The molecular formula is C15H16BrN3O. The Morgan fingerprint density at radius 2 is 2.15 bits per heavy atom. The molecule has 4 nitrogen and oxygen atoms in total. The summed E-state index contributed by atoms with van der Waals surface area (Å²) in [6, 6.07) is 10.0. The molecule has 0 aliphatic heterocycles. The van der Waals surface area contributed by atoms with Crippen molar-refractivity contribution in [1.29, 1.82) is 0 Å². The first-order valence-electron chi connectivity index (χ1n) is 6.63. The highest BCUT2D eigenvalue weighted by atomic mass is 79.9. The highest BCUT2D eigenvalue weighted by molar-refractivity contribution is 9.10. The number of hydrogen-bond donors (Lipinski definition) is 1. The minimum absolute atomic E-state index is 0.133. The van der Waals surface area contributed by atoms with Gasteiger partial charge in [0.15, 0.2) is 4.67 Å². The third-order valence-electron chi connectivity index (χ3n) is 3.49. The first-order chi connectivity index (χ1) is 9.70. The molecule has 0 aliphatic rings. The maximum Gasteiger partial charge on any atom is 0.173 e. The van der Waals surface area contributed by atoms with E-state index in [1.165, 1.54) is 5.39 Å². The summed E-state index contributed by atoms with van der Waals surface area (Å²) < 4.78 is 7.96. The molecule has 0 amide bonds. The smallest absolute Gasteiger partial charge is 0.173 e. The monoisotopic (exact) mass is 333 g/mol. The summed E-state index contributed by atoms with van der Waals surface area (Å²) in [6.45, 7) is 2.95. The van der Waals surface area contributed by atoms with Crippen LogP contribution in [0.25, 0.3) is 10.9 Å². The molecule has 0 saturated heterocycles. The van der Waals surface area contributed by atoms with Crippen molar-refractivity contribution < 1.29 is 4.42 Å². The van der Waals surface area contributed by atoms with Crippen LogP contribution in [0.1, 0.15) is 24.2 Å². The van der Waals surface area contributed by atoms with Gasteiger partial charge in [-0.2, -0.15) is 5.10 Å². The first-order valence-corrected chi connectivity index (χ1v) is 7.43. The molecule has 1 aromatic carbocycles. The molecule has 2 aromatic heterocycles. The number of hydrogen-bond acceptors (Lipinski definition) is 3. The van der Waals surface area contributed by atoms with Gasteiger partial charge in [0.2, 0.25) is 0 Å². The lowest BCUT2D eigenvalue weighted by Gasteiger charge is -2.08. The number of halogens is 1. The van der Waals surface area contributed by atoms with Crippen molar-refractivity contribution in [2.75, 3.05) is 0 Å². The van der Waals surface area contributed by atoms with Gasteiger partial charge in [-0.05, 0) is 35.0 Å². The molecule has 1 atom stereocenters. The van der Waals surface area contributed by atoms with Gasteiger partial charge >= 0.3 is 0 Å². The lowest BCUT2D eigenvalue weighted by molar-refractivity contribution is 0.530. The molecule has 2 N–H and O–H groups in total. The number of nitrogens with two attached hydrogens (primary N) is 1. The Balaban J connectivity index is 1.97. The van der Waals surface area contributed by atoms with E-state index in [4.69, 9.17) is 10.2 Å². The van der Waals surface area contributed by atoms with Crippen LogP contribution in [0.4, 0.5) is 0 Å². The lowest BCUT2D eigenvalue weighted by Crippen LogP contribution is -2.13. The zero-order chi connectivity index (χ0) is 14.1. The number of aryl methyl sites for hydroxylation is 1. The molecule has 20 heavy (non-hydrogen) atoms. The highest BCUT2D eigenvalue weighted by Gasteiger charge is 2.17. The summed E-state index contributed by atoms with van der Waals surface area (Å²) >= 11 is 3.38. The summed E-state index contributed by atoms with van der Waals surface area (Å²) in [6.07, 6.45) is 2.33. The predicted octanol–water partition coefficient (Wildman–Crippen LogP) is 3.65. The Morgan fingerprint density at radius 1 is 1.35 bits per heavy atom. The van der Waals surface area contributed by atoms with E-state index in [0.717, 1.165) is 23.3 Å². The van der Waals surface area contributed by atoms with Crippen LogP contribution >= 0.6 is 15.9 Å². The standard InChI is InChI=1S/C15H16BrN3O/c1-2-19-14-6-4-3-5-11(14)13(18-19)9-12(17)10-7-8-20-15(10)16/h3-8,12H,2,9,17H2,1H3. The van der Waals surface area contributed by atoms with Gasteiger partial charge in [0.1, 0.15) is 0 Å². The molecular weight excluding hydrogens is 318 g/mol.